The smallest absolute Gasteiger partial charge is 0.543 e. The maximum absolute atomic E-state index is 12.3. The predicted octanol–water partition coefficient (Wildman–Crippen LogP) is -2.22. The van der Waals surface area contributed by atoms with Gasteiger partial charge < -0.3 is 9.90 Å². The second-order valence-corrected chi connectivity index (χ2v) is 6.66. The maximum Gasteiger partial charge on any atom is 1.00 e. The number of β-lactam (4-membered cyclic amide) rings is 1. The van der Waals surface area contributed by atoms with E-state index in [9.17, 15) is 14.7 Å². The first-order valence-electron chi connectivity index (χ1n) is 7.48. The number of imidazole rings is 1. The van der Waals surface area contributed by atoms with Gasteiger partial charge in [0, 0.05) is 17.8 Å². The summed E-state index contributed by atoms with van der Waals surface area (Å²) in [5.74, 6) is -1.13. The van der Waals surface area contributed by atoms with Gasteiger partial charge in [-0.1, -0.05) is 18.2 Å². The monoisotopic (exact) mass is 372 g/mol. The molecule has 4 heterocycles. The summed E-state index contributed by atoms with van der Waals surface area (Å²) in [7, 11) is 0. The third-order valence-corrected chi connectivity index (χ3v) is 5.35. The van der Waals surface area contributed by atoms with Crippen molar-refractivity contribution in [2.45, 2.75) is 5.37 Å². The first-order chi connectivity index (χ1) is 12.1. The molecule has 2 aliphatic rings. The number of rotatable bonds is 2. The second-order valence-electron chi connectivity index (χ2n) is 5.71. The number of thioether (sulfide) groups is 1. The Balaban J connectivity index is 0.00000168. The van der Waals surface area contributed by atoms with E-state index in [4.69, 9.17) is 0 Å². The van der Waals surface area contributed by atoms with E-state index in [2.05, 4.69) is 9.97 Å². The summed E-state index contributed by atoms with van der Waals surface area (Å²) in [5, 5.41) is 13.1. The Labute approximate surface area is 173 Å². The molecule has 1 atom stereocenters. The number of para-hydroxylation sites is 1. The van der Waals surface area contributed by atoms with Gasteiger partial charge in [-0.25, -0.2) is 9.97 Å². The molecule has 0 bridgehead atoms. The van der Waals surface area contributed by atoms with Crippen LogP contribution in [0.2, 0.25) is 0 Å². The molecule has 2 aliphatic heterocycles. The fourth-order valence-corrected chi connectivity index (χ4v) is 4.20. The molecule has 1 saturated heterocycles. The third kappa shape index (κ3) is 2.41. The summed E-state index contributed by atoms with van der Waals surface area (Å²) < 4.78 is 1.87. The van der Waals surface area contributed by atoms with Crippen molar-refractivity contribution >= 4 is 46.4 Å². The van der Waals surface area contributed by atoms with Crippen LogP contribution in [0.1, 0.15) is 5.69 Å². The van der Waals surface area contributed by atoms with Crippen molar-refractivity contribution in [1.82, 2.24) is 19.3 Å². The Bertz CT molecular complexity index is 1150. The van der Waals surface area contributed by atoms with Gasteiger partial charge in [0.2, 0.25) is 5.78 Å². The van der Waals surface area contributed by atoms with E-state index in [1.165, 1.54) is 22.1 Å². The molecule has 0 saturated carbocycles. The SMILES string of the molecule is O=C([O-])C1=CS[C@@H]2/C(=C\c3cn4c(ncc5ccccc54)n3)C(=O)N12.[Na+]. The van der Waals surface area contributed by atoms with Crippen LogP contribution >= 0.6 is 11.8 Å². The molecule has 0 radical (unpaired) electrons. The number of carbonyl (C=O) groups excluding carboxylic acids is 2. The number of hydrogen-bond acceptors (Lipinski definition) is 6. The molecular formula is C17H9N4NaO3S. The van der Waals surface area contributed by atoms with Crippen LogP contribution in [0.3, 0.4) is 0 Å². The van der Waals surface area contributed by atoms with Crippen molar-refractivity contribution in [1.29, 1.82) is 0 Å². The van der Waals surface area contributed by atoms with Crippen molar-refractivity contribution in [2.24, 2.45) is 0 Å². The van der Waals surface area contributed by atoms with Crippen LogP contribution in [0, 0.1) is 0 Å². The first kappa shape index (κ1) is 17.3. The summed E-state index contributed by atoms with van der Waals surface area (Å²) >= 11 is 1.27. The molecule has 0 unspecified atom stereocenters. The Morgan fingerprint density at radius 3 is 2.92 bits per heavy atom. The van der Waals surface area contributed by atoms with E-state index in [1.54, 1.807) is 12.3 Å². The molecule has 0 spiro atoms. The minimum Gasteiger partial charge on any atom is -0.543 e. The van der Waals surface area contributed by atoms with Crippen LogP contribution in [0.4, 0.5) is 0 Å². The van der Waals surface area contributed by atoms with Crippen molar-refractivity contribution < 1.29 is 44.3 Å². The molecule has 3 aromatic rings. The second kappa shape index (κ2) is 6.24. The fraction of sp³-hybridized carbons (Fsp3) is 0.0588. The van der Waals surface area contributed by atoms with Gasteiger partial charge in [-0.05, 0) is 17.6 Å². The van der Waals surface area contributed by atoms with Gasteiger partial charge in [0.1, 0.15) is 5.37 Å². The molecule has 7 nitrogen and oxygen atoms in total. The van der Waals surface area contributed by atoms with E-state index in [0.29, 0.717) is 17.0 Å². The normalized spacial score (nSPS) is 20.1. The van der Waals surface area contributed by atoms with Crippen LogP contribution < -0.4 is 34.7 Å². The molecular weight excluding hydrogens is 363 g/mol. The van der Waals surface area contributed by atoms with Crippen LogP contribution in [0.25, 0.3) is 22.8 Å². The topological polar surface area (TPSA) is 90.6 Å². The van der Waals surface area contributed by atoms with Crippen molar-refractivity contribution in [2.75, 3.05) is 0 Å². The van der Waals surface area contributed by atoms with Crippen LogP contribution in [0.5, 0.6) is 0 Å². The van der Waals surface area contributed by atoms with Gasteiger partial charge in [-0.3, -0.25) is 14.1 Å². The van der Waals surface area contributed by atoms with Crippen LogP contribution in [-0.2, 0) is 9.59 Å². The summed E-state index contributed by atoms with van der Waals surface area (Å²) in [6, 6.07) is 7.82. The van der Waals surface area contributed by atoms with Gasteiger partial charge in [-0.2, -0.15) is 0 Å². The Morgan fingerprint density at radius 1 is 1.31 bits per heavy atom. The minimum atomic E-state index is -1.34. The minimum absolute atomic E-state index is 0. The standard InChI is InChI=1S/C17H10N4O3S.Na/c22-14-11(15-21(14)13(8-25-15)16(23)24)5-10-7-20-12-4-2-1-3-9(12)6-18-17(20)19-10;/h1-8,15H,(H,23,24);/q;+1/p-1/b11-5-;/t15-;/m1./s1. The largest absolute Gasteiger partial charge is 1.00 e. The average molecular weight is 372 g/mol. The van der Waals surface area contributed by atoms with E-state index in [-0.39, 0.29) is 46.5 Å². The number of carbonyl (C=O) groups is 2. The molecule has 1 amide bonds. The number of amides is 1. The number of carboxylic acids is 1. The Morgan fingerprint density at radius 2 is 2.12 bits per heavy atom. The van der Waals surface area contributed by atoms with Gasteiger partial charge in [0.25, 0.3) is 5.91 Å². The quantitative estimate of drug-likeness (QED) is 0.288. The summed E-state index contributed by atoms with van der Waals surface area (Å²) in [6.45, 7) is 0. The summed E-state index contributed by atoms with van der Waals surface area (Å²) in [5.41, 5.74) is 2.02. The van der Waals surface area contributed by atoms with E-state index in [1.807, 2.05) is 34.9 Å². The zero-order chi connectivity index (χ0) is 17.1. The summed E-state index contributed by atoms with van der Waals surface area (Å²) in [4.78, 5) is 33.3. The van der Waals surface area contributed by atoms with Crippen LogP contribution in [0.15, 0.2) is 53.3 Å². The first-order valence-corrected chi connectivity index (χ1v) is 8.43. The number of aliphatic carboxylic acids is 1. The molecule has 122 valence electrons. The van der Waals surface area contributed by atoms with E-state index >= 15 is 0 Å². The number of nitrogens with zero attached hydrogens (tertiary/aromatic N) is 4. The third-order valence-electron chi connectivity index (χ3n) is 4.27. The van der Waals surface area contributed by atoms with Gasteiger partial charge >= 0.3 is 29.6 Å². The Hall–Kier alpha value is -2.13. The summed E-state index contributed by atoms with van der Waals surface area (Å²) in [6.07, 6.45) is 5.26. The number of aromatic nitrogens is 3. The Kier molecular flexibility index (Phi) is 4.15. The predicted molar refractivity (Wildman–Crippen MR) is 89.8 cm³/mol. The zero-order valence-corrected chi connectivity index (χ0v) is 16.4. The zero-order valence-electron chi connectivity index (χ0n) is 13.6. The van der Waals surface area contributed by atoms with Crippen molar-refractivity contribution in [3.8, 4) is 0 Å². The van der Waals surface area contributed by atoms with E-state index in [0.717, 1.165) is 10.9 Å². The van der Waals surface area contributed by atoms with Gasteiger partial charge in [-0.15, -0.1) is 11.8 Å². The number of carboxylic acid groups (broad SMARTS) is 1. The molecule has 1 aromatic carbocycles. The van der Waals surface area contributed by atoms with Gasteiger partial charge in [0.05, 0.1) is 28.5 Å². The number of benzene rings is 1. The number of hydrogen-bond donors (Lipinski definition) is 0. The molecule has 0 aliphatic carbocycles. The van der Waals surface area contributed by atoms with E-state index < -0.39 is 5.97 Å². The molecule has 1 fully saturated rings. The molecule has 9 heteroatoms. The molecule has 5 rings (SSSR count). The van der Waals surface area contributed by atoms with Crippen molar-refractivity contribution in [3.63, 3.8) is 0 Å². The molecule has 0 N–H and O–H groups in total. The maximum atomic E-state index is 12.3. The number of fused-ring (bicyclic) bond motifs is 4. The van der Waals surface area contributed by atoms with Gasteiger partial charge in [0.15, 0.2) is 0 Å². The molecule has 2 aromatic heterocycles. The fourth-order valence-electron chi connectivity index (χ4n) is 3.09. The van der Waals surface area contributed by atoms with Crippen molar-refractivity contribution in [3.05, 3.63) is 59.0 Å². The van der Waals surface area contributed by atoms with Crippen LogP contribution in [-0.4, -0.2) is 36.5 Å². The average Bonchev–Trinajstić information content (AvgIpc) is 3.21. The molecule has 26 heavy (non-hydrogen) atoms.